The van der Waals surface area contributed by atoms with Crippen LogP contribution in [-0.4, -0.2) is 5.78 Å². The molecule has 2 unspecified atom stereocenters. The molecule has 0 heterocycles. The molecular formula is C10H14O. The Kier molecular flexibility index (Phi) is 1.80. The van der Waals surface area contributed by atoms with Crippen LogP contribution in [0.4, 0.5) is 0 Å². The Morgan fingerprint density at radius 1 is 1.09 bits per heavy atom. The Bertz CT molecular complexity index is 175. The number of carbonyl (C=O) groups is 1. The minimum Gasteiger partial charge on any atom is -0.300 e. The molecule has 2 atom stereocenters. The highest BCUT2D eigenvalue weighted by Gasteiger charge is 2.22. The number of Topliss-reactive ketones (excluding diaryl/α,β-unsaturated/α-hetero) is 1. The van der Waals surface area contributed by atoms with Gasteiger partial charge in [-0.2, -0.15) is 0 Å². The van der Waals surface area contributed by atoms with Gasteiger partial charge in [0.15, 0.2) is 0 Å². The van der Waals surface area contributed by atoms with Crippen molar-refractivity contribution >= 4 is 5.78 Å². The molecule has 60 valence electrons. The largest absolute Gasteiger partial charge is 0.300 e. The highest BCUT2D eigenvalue weighted by Crippen LogP contribution is 2.30. The first-order valence-electron chi connectivity index (χ1n) is 4.54. The fourth-order valence-electron chi connectivity index (χ4n) is 2.16. The van der Waals surface area contributed by atoms with Gasteiger partial charge in [0.1, 0.15) is 5.78 Å². The van der Waals surface area contributed by atoms with Gasteiger partial charge in [0.2, 0.25) is 0 Å². The lowest BCUT2D eigenvalue weighted by atomic mass is 9.90. The van der Waals surface area contributed by atoms with Crippen molar-refractivity contribution in [2.24, 2.45) is 11.8 Å². The second-order valence-corrected chi connectivity index (χ2v) is 3.78. The molecule has 0 fully saturated rings. The van der Waals surface area contributed by atoms with E-state index in [2.05, 4.69) is 12.2 Å². The van der Waals surface area contributed by atoms with E-state index in [1.165, 1.54) is 19.3 Å². The molecule has 0 saturated heterocycles. The Morgan fingerprint density at radius 3 is 2.18 bits per heavy atom. The zero-order chi connectivity index (χ0) is 7.68. The first-order chi connectivity index (χ1) is 5.34. The van der Waals surface area contributed by atoms with Gasteiger partial charge in [-0.1, -0.05) is 18.6 Å². The van der Waals surface area contributed by atoms with E-state index in [1.807, 2.05) is 0 Å². The highest BCUT2D eigenvalue weighted by atomic mass is 16.1. The minimum absolute atomic E-state index is 0.477. The first kappa shape index (κ1) is 7.08. The fraction of sp³-hybridized carbons (Fsp3) is 0.700. The number of hydrogen-bond acceptors (Lipinski definition) is 1. The van der Waals surface area contributed by atoms with E-state index in [0.29, 0.717) is 17.6 Å². The minimum atomic E-state index is 0.477. The monoisotopic (exact) mass is 150 g/mol. The summed E-state index contributed by atoms with van der Waals surface area (Å²) >= 11 is 0. The van der Waals surface area contributed by atoms with Gasteiger partial charge in [-0.15, -0.1) is 0 Å². The zero-order valence-electron chi connectivity index (χ0n) is 6.75. The van der Waals surface area contributed by atoms with Gasteiger partial charge in [-0.25, -0.2) is 0 Å². The summed E-state index contributed by atoms with van der Waals surface area (Å²) in [5, 5.41) is 0. The molecule has 2 aliphatic carbocycles. The molecule has 1 nitrogen and oxygen atoms in total. The molecule has 2 rings (SSSR count). The van der Waals surface area contributed by atoms with Crippen molar-refractivity contribution < 1.29 is 4.79 Å². The molecule has 0 radical (unpaired) electrons. The third-order valence-electron chi connectivity index (χ3n) is 2.78. The third kappa shape index (κ3) is 1.52. The van der Waals surface area contributed by atoms with Gasteiger partial charge in [0.05, 0.1) is 0 Å². The SMILES string of the molecule is O=C1CC2C=CC(CCC2)C1. The molecule has 0 aliphatic heterocycles. The van der Waals surface area contributed by atoms with Crippen molar-refractivity contribution in [2.75, 3.05) is 0 Å². The average molecular weight is 150 g/mol. The lowest BCUT2D eigenvalue weighted by Gasteiger charge is -2.13. The molecule has 2 bridgehead atoms. The van der Waals surface area contributed by atoms with Crippen LogP contribution in [0, 0.1) is 11.8 Å². The molecule has 1 heteroatoms. The number of rotatable bonds is 0. The van der Waals surface area contributed by atoms with Crippen LogP contribution in [0.25, 0.3) is 0 Å². The van der Waals surface area contributed by atoms with Crippen molar-refractivity contribution in [1.82, 2.24) is 0 Å². The molecule has 0 saturated carbocycles. The van der Waals surface area contributed by atoms with Crippen LogP contribution in [0.3, 0.4) is 0 Å². The van der Waals surface area contributed by atoms with Gasteiger partial charge < -0.3 is 0 Å². The van der Waals surface area contributed by atoms with Crippen LogP contribution < -0.4 is 0 Å². The summed E-state index contributed by atoms with van der Waals surface area (Å²) in [7, 11) is 0. The van der Waals surface area contributed by atoms with Gasteiger partial charge in [-0.3, -0.25) is 4.79 Å². The predicted octanol–water partition coefficient (Wildman–Crippen LogP) is 2.32. The fourth-order valence-corrected chi connectivity index (χ4v) is 2.16. The maximum absolute atomic E-state index is 11.3. The number of ketones is 1. The van der Waals surface area contributed by atoms with Crippen LogP contribution in [0.1, 0.15) is 32.1 Å². The van der Waals surface area contributed by atoms with Crippen LogP contribution in [0.15, 0.2) is 12.2 Å². The molecule has 0 aromatic heterocycles. The van der Waals surface area contributed by atoms with Crippen LogP contribution in [0.5, 0.6) is 0 Å². The van der Waals surface area contributed by atoms with Crippen LogP contribution >= 0.6 is 0 Å². The van der Waals surface area contributed by atoms with Crippen molar-refractivity contribution in [3.63, 3.8) is 0 Å². The lowest BCUT2D eigenvalue weighted by Crippen LogP contribution is -2.10. The van der Waals surface area contributed by atoms with Crippen LogP contribution in [-0.2, 0) is 4.79 Å². The van der Waals surface area contributed by atoms with Gasteiger partial charge >= 0.3 is 0 Å². The summed E-state index contributed by atoms with van der Waals surface area (Å²) in [5.41, 5.74) is 0. The second kappa shape index (κ2) is 2.80. The van der Waals surface area contributed by atoms with E-state index in [0.717, 1.165) is 12.8 Å². The van der Waals surface area contributed by atoms with E-state index in [4.69, 9.17) is 0 Å². The summed E-state index contributed by atoms with van der Waals surface area (Å²) in [6.45, 7) is 0. The van der Waals surface area contributed by atoms with Gasteiger partial charge in [0.25, 0.3) is 0 Å². The Balaban J connectivity index is 2.17. The molecule has 2 aliphatic rings. The average Bonchev–Trinajstić information content (AvgIpc) is 2.19. The molecule has 0 aromatic rings. The molecular weight excluding hydrogens is 136 g/mol. The van der Waals surface area contributed by atoms with E-state index < -0.39 is 0 Å². The summed E-state index contributed by atoms with van der Waals surface area (Å²) in [6.07, 6.45) is 9.94. The highest BCUT2D eigenvalue weighted by molar-refractivity contribution is 5.79. The third-order valence-corrected chi connectivity index (χ3v) is 2.78. The summed E-state index contributed by atoms with van der Waals surface area (Å²) in [4.78, 5) is 11.3. The molecule has 0 N–H and O–H groups in total. The smallest absolute Gasteiger partial charge is 0.134 e. The van der Waals surface area contributed by atoms with Crippen molar-refractivity contribution in [2.45, 2.75) is 32.1 Å². The predicted molar refractivity (Wildman–Crippen MR) is 44.2 cm³/mol. The maximum atomic E-state index is 11.3. The molecule has 0 amide bonds. The van der Waals surface area contributed by atoms with Crippen molar-refractivity contribution in [1.29, 1.82) is 0 Å². The Labute approximate surface area is 67.5 Å². The van der Waals surface area contributed by atoms with E-state index >= 15 is 0 Å². The molecule has 0 spiro atoms. The quantitative estimate of drug-likeness (QED) is 0.484. The maximum Gasteiger partial charge on any atom is 0.134 e. The normalized spacial score (nSPS) is 36.9. The Morgan fingerprint density at radius 2 is 1.64 bits per heavy atom. The number of carbonyl (C=O) groups excluding carboxylic acids is 1. The topological polar surface area (TPSA) is 17.1 Å². The summed E-state index contributed by atoms with van der Waals surface area (Å²) in [6, 6.07) is 0. The summed E-state index contributed by atoms with van der Waals surface area (Å²) < 4.78 is 0. The number of hydrogen-bond donors (Lipinski definition) is 0. The van der Waals surface area contributed by atoms with Crippen LogP contribution in [0.2, 0.25) is 0 Å². The van der Waals surface area contributed by atoms with E-state index in [-0.39, 0.29) is 0 Å². The standard InChI is InChI=1S/C10H14O/c11-10-6-8-2-1-3-9(7-10)5-4-8/h4-5,8-9H,1-3,6-7H2. The zero-order valence-corrected chi connectivity index (χ0v) is 6.75. The summed E-state index contributed by atoms with van der Waals surface area (Å²) in [5.74, 6) is 1.63. The number of fused-ring (bicyclic) bond motifs is 2. The Hall–Kier alpha value is -0.590. The van der Waals surface area contributed by atoms with Gasteiger partial charge in [0, 0.05) is 12.8 Å². The molecule has 11 heavy (non-hydrogen) atoms. The lowest BCUT2D eigenvalue weighted by molar-refractivity contribution is -0.120. The number of allylic oxidation sites excluding steroid dienone is 2. The van der Waals surface area contributed by atoms with Crippen molar-refractivity contribution in [3.05, 3.63) is 12.2 Å². The van der Waals surface area contributed by atoms with Crippen molar-refractivity contribution in [3.8, 4) is 0 Å². The van der Waals surface area contributed by atoms with E-state index in [1.54, 1.807) is 0 Å². The second-order valence-electron chi connectivity index (χ2n) is 3.78. The van der Waals surface area contributed by atoms with E-state index in [9.17, 15) is 4.79 Å². The van der Waals surface area contributed by atoms with Gasteiger partial charge in [-0.05, 0) is 24.7 Å². The first-order valence-corrected chi connectivity index (χ1v) is 4.54. The molecule has 0 aromatic carbocycles.